The summed E-state index contributed by atoms with van der Waals surface area (Å²) in [6, 6.07) is 11.4. The first-order valence-electron chi connectivity index (χ1n) is 8.50. The van der Waals surface area contributed by atoms with Crippen LogP contribution in [-0.4, -0.2) is 43.6 Å². The third kappa shape index (κ3) is 5.97. The number of aryl methyl sites for hydroxylation is 1. The van der Waals surface area contributed by atoms with Gasteiger partial charge in [-0.15, -0.1) is 0 Å². The van der Waals surface area contributed by atoms with Crippen LogP contribution in [0.5, 0.6) is 5.75 Å². The van der Waals surface area contributed by atoms with E-state index in [0.29, 0.717) is 5.75 Å². The molecule has 0 aliphatic rings. The Labute approximate surface area is 161 Å². The highest BCUT2D eigenvalue weighted by Gasteiger charge is 2.18. The average Bonchev–Trinajstić information content (AvgIpc) is 2.68. The Kier molecular flexibility index (Phi) is 7.32. The van der Waals surface area contributed by atoms with Gasteiger partial charge in [0.2, 0.25) is 0 Å². The minimum atomic E-state index is -0.822. The fraction of sp³-hybridized carbons (Fsp3) is 0.263. The molecule has 0 saturated heterocycles. The molecule has 2 aromatic rings. The zero-order chi connectivity index (χ0) is 20.5. The molecule has 148 valence electrons. The number of amides is 1. The first-order valence-corrected chi connectivity index (χ1v) is 8.50. The lowest BCUT2D eigenvalue weighted by molar-refractivity contribution is -0.384. The Morgan fingerprint density at radius 2 is 1.96 bits per heavy atom. The zero-order valence-electron chi connectivity index (χ0n) is 15.6. The molecule has 2 aromatic carbocycles. The molecule has 0 fully saturated rings. The van der Waals surface area contributed by atoms with Gasteiger partial charge in [0, 0.05) is 13.1 Å². The first-order chi connectivity index (χ1) is 13.4. The Morgan fingerprint density at radius 3 is 2.64 bits per heavy atom. The van der Waals surface area contributed by atoms with E-state index in [-0.39, 0.29) is 30.1 Å². The van der Waals surface area contributed by atoms with Crippen molar-refractivity contribution < 1.29 is 24.0 Å². The van der Waals surface area contributed by atoms with Gasteiger partial charge in [0.05, 0.1) is 17.0 Å². The fourth-order valence-corrected chi connectivity index (χ4v) is 2.35. The third-order valence-corrected chi connectivity index (χ3v) is 3.72. The normalized spacial score (nSPS) is 10.1. The summed E-state index contributed by atoms with van der Waals surface area (Å²) < 4.78 is 10.4. The highest BCUT2D eigenvalue weighted by atomic mass is 16.6. The second kappa shape index (κ2) is 9.91. The second-order valence-electron chi connectivity index (χ2n) is 5.83. The molecule has 0 aliphatic carbocycles. The van der Waals surface area contributed by atoms with Crippen LogP contribution in [0, 0.1) is 17.0 Å². The lowest BCUT2D eigenvalue weighted by Crippen LogP contribution is -2.32. The Balaban J connectivity index is 1.77. The number of nitrogens with one attached hydrogen (secondary N) is 2. The number of esters is 1. The van der Waals surface area contributed by atoms with Crippen molar-refractivity contribution in [1.82, 2.24) is 5.32 Å². The van der Waals surface area contributed by atoms with E-state index in [9.17, 15) is 19.7 Å². The van der Waals surface area contributed by atoms with Gasteiger partial charge in [-0.1, -0.05) is 12.1 Å². The molecule has 1 amide bonds. The summed E-state index contributed by atoms with van der Waals surface area (Å²) in [5.74, 6) is -0.619. The highest BCUT2D eigenvalue weighted by molar-refractivity contribution is 5.93. The van der Waals surface area contributed by atoms with Crippen molar-refractivity contribution in [2.45, 2.75) is 6.92 Å². The SMILES string of the molecule is CNc1ccc(C(=O)OCC(=O)NCCOc2cccc(C)c2)cc1[N+](=O)[O-]. The van der Waals surface area contributed by atoms with E-state index in [1.54, 1.807) is 0 Å². The molecule has 0 unspecified atom stereocenters. The maximum absolute atomic E-state index is 12.0. The van der Waals surface area contributed by atoms with Crippen molar-refractivity contribution >= 4 is 23.3 Å². The van der Waals surface area contributed by atoms with E-state index in [4.69, 9.17) is 9.47 Å². The van der Waals surface area contributed by atoms with Crippen molar-refractivity contribution in [3.05, 3.63) is 63.7 Å². The molecule has 0 spiro atoms. The molecule has 2 rings (SSSR count). The number of ether oxygens (including phenoxy) is 2. The highest BCUT2D eigenvalue weighted by Crippen LogP contribution is 2.25. The van der Waals surface area contributed by atoms with Gasteiger partial charge in [-0.2, -0.15) is 0 Å². The van der Waals surface area contributed by atoms with Crippen LogP contribution >= 0.6 is 0 Å². The predicted octanol–water partition coefficient (Wildman–Crippen LogP) is 2.30. The van der Waals surface area contributed by atoms with E-state index in [1.165, 1.54) is 19.2 Å². The predicted molar refractivity (Wildman–Crippen MR) is 103 cm³/mol. The van der Waals surface area contributed by atoms with Crippen LogP contribution in [0.15, 0.2) is 42.5 Å². The van der Waals surface area contributed by atoms with Gasteiger partial charge in [-0.3, -0.25) is 14.9 Å². The van der Waals surface area contributed by atoms with Crippen LogP contribution in [0.3, 0.4) is 0 Å². The van der Waals surface area contributed by atoms with Crippen LogP contribution in [0.1, 0.15) is 15.9 Å². The molecule has 0 aromatic heterocycles. The minimum Gasteiger partial charge on any atom is -0.492 e. The molecule has 0 saturated carbocycles. The summed E-state index contributed by atoms with van der Waals surface area (Å²) >= 11 is 0. The lowest BCUT2D eigenvalue weighted by atomic mass is 10.1. The lowest BCUT2D eigenvalue weighted by Gasteiger charge is -2.09. The van der Waals surface area contributed by atoms with Gasteiger partial charge in [0.25, 0.3) is 11.6 Å². The Hall–Kier alpha value is -3.62. The molecule has 0 bridgehead atoms. The summed E-state index contributed by atoms with van der Waals surface area (Å²) in [7, 11) is 1.54. The quantitative estimate of drug-likeness (QED) is 0.293. The van der Waals surface area contributed by atoms with E-state index in [1.807, 2.05) is 31.2 Å². The standard InChI is InChI=1S/C19H21N3O6/c1-13-4-3-5-15(10-13)27-9-8-21-18(23)12-28-19(24)14-6-7-16(20-2)17(11-14)22(25)26/h3-7,10-11,20H,8-9,12H2,1-2H3,(H,21,23). The maximum Gasteiger partial charge on any atom is 0.338 e. The van der Waals surface area contributed by atoms with Crippen LogP contribution in [0.2, 0.25) is 0 Å². The Bertz CT molecular complexity index is 868. The number of hydrogen-bond acceptors (Lipinski definition) is 7. The largest absolute Gasteiger partial charge is 0.492 e. The molecular formula is C19H21N3O6. The van der Waals surface area contributed by atoms with Crippen LogP contribution in [0.4, 0.5) is 11.4 Å². The van der Waals surface area contributed by atoms with Crippen molar-refractivity contribution in [3.63, 3.8) is 0 Å². The van der Waals surface area contributed by atoms with E-state index >= 15 is 0 Å². The monoisotopic (exact) mass is 387 g/mol. The van der Waals surface area contributed by atoms with Gasteiger partial charge in [0.15, 0.2) is 6.61 Å². The van der Waals surface area contributed by atoms with Gasteiger partial charge in [-0.05, 0) is 36.8 Å². The number of nitrogens with zero attached hydrogens (tertiary/aromatic N) is 1. The van der Waals surface area contributed by atoms with E-state index in [0.717, 1.165) is 11.6 Å². The van der Waals surface area contributed by atoms with Gasteiger partial charge < -0.3 is 20.1 Å². The van der Waals surface area contributed by atoms with Gasteiger partial charge in [0.1, 0.15) is 18.0 Å². The average molecular weight is 387 g/mol. The summed E-state index contributed by atoms with van der Waals surface area (Å²) in [6.07, 6.45) is 0. The number of nitro benzene ring substituents is 1. The molecule has 0 radical (unpaired) electrons. The number of benzene rings is 2. The number of carbonyl (C=O) groups excluding carboxylic acids is 2. The number of rotatable bonds is 9. The summed E-state index contributed by atoms with van der Waals surface area (Å²) in [6.45, 7) is 1.96. The fourth-order valence-electron chi connectivity index (χ4n) is 2.35. The summed E-state index contributed by atoms with van der Waals surface area (Å²) in [5, 5.41) is 16.3. The zero-order valence-corrected chi connectivity index (χ0v) is 15.6. The molecule has 0 heterocycles. The van der Waals surface area contributed by atoms with Gasteiger partial charge in [-0.25, -0.2) is 4.79 Å². The number of hydrogen-bond donors (Lipinski definition) is 2. The molecule has 0 aliphatic heterocycles. The third-order valence-electron chi connectivity index (χ3n) is 3.72. The van der Waals surface area contributed by atoms with Crippen molar-refractivity contribution in [1.29, 1.82) is 0 Å². The van der Waals surface area contributed by atoms with Crippen molar-refractivity contribution in [2.24, 2.45) is 0 Å². The topological polar surface area (TPSA) is 120 Å². The molecular weight excluding hydrogens is 366 g/mol. The number of anilines is 1. The van der Waals surface area contributed by atoms with E-state index in [2.05, 4.69) is 10.6 Å². The van der Waals surface area contributed by atoms with Crippen LogP contribution < -0.4 is 15.4 Å². The van der Waals surface area contributed by atoms with Crippen molar-refractivity contribution in [2.75, 3.05) is 32.1 Å². The first kappa shape index (κ1) is 20.7. The molecule has 9 nitrogen and oxygen atoms in total. The molecule has 0 atom stereocenters. The molecule has 28 heavy (non-hydrogen) atoms. The smallest absolute Gasteiger partial charge is 0.338 e. The molecule has 9 heteroatoms. The van der Waals surface area contributed by atoms with Crippen LogP contribution in [-0.2, 0) is 9.53 Å². The minimum absolute atomic E-state index is 0.0127. The maximum atomic E-state index is 12.0. The number of nitro groups is 1. The van der Waals surface area contributed by atoms with Crippen molar-refractivity contribution in [3.8, 4) is 5.75 Å². The molecule has 2 N–H and O–H groups in total. The Morgan fingerprint density at radius 1 is 1.18 bits per heavy atom. The van der Waals surface area contributed by atoms with Crippen LogP contribution in [0.25, 0.3) is 0 Å². The van der Waals surface area contributed by atoms with Gasteiger partial charge >= 0.3 is 5.97 Å². The second-order valence-corrected chi connectivity index (χ2v) is 5.83. The summed E-state index contributed by atoms with van der Waals surface area (Å²) in [5.41, 5.74) is 1.07. The number of carbonyl (C=O) groups is 2. The summed E-state index contributed by atoms with van der Waals surface area (Å²) in [4.78, 5) is 34.2. The van der Waals surface area contributed by atoms with E-state index < -0.39 is 23.4 Å².